The predicted molar refractivity (Wildman–Crippen MR) is 66.1 cm³/mol. The standard InChI is InChI=1S/C10H12BrN3S/c1-12-5-9-2-3-10(15-9)7-14-6-8(11)4-13-14/h2-4,6,12H,5,7H2,1H3. The van der Waals surface area contributed by atoms with Crippen LogP contribution in [0.3, 0.4) is 0 Å². The summed E-state index contributed by atoms with van der Waals surface area (Å²) in [6, 6.07) is 4.32. The Labute approximate surface area is 101 Å². The highest BCUT2D eigenvalue weighted by atomic mass is 79.9. The number of hydrogen-bond donors (Lipinski definition) is 1. The Morgan fingerprint density at radius 2 is 2.27 bits per heavy atom. The molecule has 1 N–H and O–H groups in total. The molecule has 0 aliphatic carbocycles. The van der Waals surface area contributed by atoms with Gasteiger partial charge in [0, 0.05) is 22.5 Å². The Balaban J connectivity index is 2.04. The lowest BCUT2D eigenvalue weighted by atomic mass is 10.4. The van der Waals surface area contributed by atoms with Gasteiger partial charge in [-0.05, 0) is 35.1 Å². The van der Waals surface area contributed by atoms with Crippen molar-refractivity contribution in [3.05, 3.63) is 38.8 Å². The normalized spacial score (nSPS) is 10.8. The molecule has 2 rings (SSSR count). The molecule has 2 heterocycles. The maximum Gasteiger partial charge on any atom is 0.0752 e. The fourth-order valence-corrected chi connectivity index (χ4v) is 2.71. The van der Waals surface area contributed by atoms with Gasteiger partial charge in [0.15, 0.2) is 0 Å². The molecule has 3 nitrogen and oxygen atoms in total. The van der Waals surface area contributed by atoms with Crippen LogP contribution in [0.1, 0.15) is 9.75 Å². The molecule has 0 aliphatic rings. The lowest BCUT2D eigenvalue weighted by molar-refractivity contribution is 0.694. The zero-order chi connectivity index (χ0) is 10.7. The van der Waals surface area contributed by atoms with E-state index in [1.807, 2.05) is 35.5 Å². The zero-order valence-electron chi connectivity index (χ0n) is 8.40. The lowest BCUT2D eigenvalue weighted by Crippen LogP contribution is -2.02. The molecule has 15 heavy (non-hydrogen) atoms. The Morgan fingerprint density at radius 3 is 2.93 bits per heavy atom. The molecule has 0 atom stereocenters. The van der Waals surface area contributed by atoms with Crippen molar-refractivity contribution in [2.75, 3.05) is 7.05 Å². The summed E-state index contributed by atoms with van der Waals surface area (Å²) in [5.74, 6) is 0. The molecule has 2 aromatic rings. The van der Waals surface area contributed by atoms with Gasteiger partial charge in [-0.25, -0.2) is 0 Å². The maximum atomic E-state index is 4.23. The largest absolute Gasteiger partial charge is 0.315 e. The Morgan fingerprint density at radius 1 is 1.47 bits per heavy atom. The lowest BCUT2D eigenvalue weighted by Gasteiger charge is -1.97. The van der Waals surface area contributed by atoms with Crippen molar-refractivity contribution in [2.45, 2.75) is 13.1 Å². The summed E-state index contributed by atoms with van der Waals surface area (Å²) in [6.45, 7) is 1.79. The predicted octanol–water partition coefficient (Wildman–Crippen LogP) is 2.47. The zero-order valence-corrected chi connectivity index (χ0v) is 10.8. The molecular weight excluding hydrogens is 274 g/mol. The molecule has 0 unspecified atom stereocenters. The van der Waals surface area contributed by atoms with E-state index in [0.29, 0.717) is 0 Å². The van der Waals surface area contributed by atoms with Gasteiger partial charge in [-0.15, -0.1) is 11.3 Å². The van der Waals surface area contributed by atoms with E-state index in [4.69, 9.17) is 0 Å². The second kappa shape index (κ2) is 4.92. The first-order valence-corrected chi connectivity index (χ1v) is 6.29. The van der Waals surface area contributed by atoms with Crippen LogP contribution in [0.5, 0.6) is 0 Å². The molecular formula is C10H12BrN3S. The fraction of sp³-hybridized carbons (Fsp3) is 0.300. The number of rotatable bonds is 4. The first-order chi connectivity index (χ1) is 7.28. The topological polar surface area (TPSA) is 29.9 Å². The van der Waals surface area contributed by atoms with E-state index in [9.17, 15) is 0 Å². The Hall–Kier alpha value is -0.650. The van der Waals surface area contributed by atoms with Crippen molar-refractivity contribution in [2.24, 2.45) is 0 Å². The van der Waals surface area contributed by atoms with Gasteiger partial charge >= 0.3 is 0 Å². The monoisotopic (exact) mass is 285 g/mol. The minimum atomic E-state index is 0.847. The number of hydrogen-bond acceptors (Lipinski definition) is 3. The number of thiophene rings is 1. The van der Waals surface area contributed by atoms with Crippen molar-refractivity contribution in [1.29, 1.82) is 0 Å². The van der Waals surface area contributed by atoms with E-state index >= 15 is 0 Å². The summed E-state index contributed by atoms with van der Waals surface area (Å²) in [4.78, 5) is 2.69. The van der Waals surface area contributed by atoms with Crippen LogP contribution >= 0.6 is 27.3 Å². The molecule has 0 radical (unpaired) electrons. The molecule has 0 aromatic carbocycles. The number of nitrogens with zero attached hydrogens (tertiary/aromatic N) is 2. The second-order valence-electron chi connectivity index (χ2n) is 3.25. The van der Waals surface area contributed by atoms with Crippen molar-refractivity contribution < 1.29 is 0 Å². The van der Waals surface area contributed by atoms with E-state index in [1.54, 1.807) is 0 Å². The summed E-state index contributed by atoms with van der Waals surface area (Å²) < 4.78 is 2.95. The summed E-state index contributed by atoms with van der Waals surface area (Å²) in [6.07, 6.45) is 3.79. The molecule has 0 spiro atoms. The van der Waals surface area contributed by atoms with Crippen LogP contribution in [0.2, 0.25) is 0 Å². The average Bonchev–Trinajstić information content (AvgIpc) is 2.78. The second-order valence-corrected chi connectivity index (χ2v) is 5.42. The molecule has 0 saturated carbocycles. The van der Waals surface area contributed by atoms with Crippen molar-refractivity contribution >= 4 is 27.3 Å². The number of nitrogens with one attached hydrogen (secondary N) is 1. The summed E-state index contributed by atoms with van der Waals surface area (Å²) in [5.41, 5.74) is 0. The first kappa shape index (κ1) is 10.9. The molecule has 0 bridgehead atoms. The fourth-order valence-electron chi connectivity index (χ4n) is 1.36. The van der Waals surface area contributed by atoms with Gasteiger partial charge in [0.2, 0.25) is 0 Å². The van der Waals surface area contributed by atoms with E-state index in [1.165, 1.54) is 9.75 Å². The molecule has 0 amide bonds. The van der Waals surface area contributed by atoms with E-state index in [2.05, 4.69) is 38.5 Å². The van der Waals surface area contributed by atoms with Crippen LogP contribution in [-0.4, -0.2) is 16.8 Å². The molecule has 5 heteroatoms. The van der Waals surface area contributed by atoms with Gasteiger partial charge in [0.25, 0.3) is 0 Å². The van der Waals surface area contributed by atoms with Crippen LogP contribution in [-0.2, 0) is 13.1 Å². The highest BCUT2D eigenvalue weighted by Gasteiger charge is 2.01. The first-order valence-electron chi connectivity index (χ1n) is 4.68. The van der Waals surface area contributed by atoms with E-state index in [0.717, 1.165) is 17.6 Å². The van der Waals surface area contributed by atoms with Gasteiger partial charge < -0.3 is 5.32 Å². The molecule has 2 aromatic heterocycles. The minimum Gasteiger partial charge on any atom is -0.315 e. The average molecular weight is 286 g/mol. The summed E-state index contributed by atoms with van der Waals surface area (Å²) in [5, 5.41) is 7.37. The molecule has 0 fully saturated rings. The third-order valence-electron chi connectivity index (χ3n) is 1.99. The highest BCUT2D eigenvalue weighted by molar-refractivity contribution is 9.10. The number of aromatic nitrogens is 2. The van der Waals surface area contributed by atoms with Crippen molar-refractivity contribution in [3.8, 4) is 0 Å². The van der Waals surface area contributed by atoms with Crippen LogP contribution in [0, 0.1) is 0 Å². The van der Waals surface area contributed by atoms with Gasteiger partial charge in [-0.3, -0.25) is 4.68 Å². The quantitative estimate of drug-likeness (QED) is 0.935. The van der Waals surface area contributed by atoms with Gasteiger partial charge in [-0.1, -0.05) is 0 Å². The van der Waals surface area contributed by atoms with Gasteiger partial charge in [-0.2, -0.15) is 5.10 Å². The van der Waals surface area contributed by atoms with E-state index < -0.39 is 0 Å². The van der Waals surface area contributed by atoms with Gasteiger partial charge in [0.05, 0.1) is 17.2 Å². The number of halogens is 1. The third-order valence-corrected chi connectivity index (χ3v) is 3.47. The third kappa shape index (κ3) is 2.90. The molecule has 0 saturated heterocycles. The van der Waals surface area contributed by atoms with Crippen LogP contribution < -0.4 is 5.32 Å². The molecule has 80 valence electrons. The molecule has 0 aliphatic heterocycles. The Bertz CT molecular complexity index is 435. The smallest absolute Gasteiger partial charge is 0.0752 e. The Kier molecular flexibility index (Phi) is 3.56. The SMILES string of the molecule is CNCc1ccc(Cn2cc(Br)cn2)s1. The van der Waals surface area contributed by atoms with Crippen LogP contribution in [0.15, 0.2) is 29.0 Å². The maximum absolute atomic E-state index is 4.23. The minimum absolute atomic E-state index is 0.847. The summed E-state index contributed by atoms with van der Waals surface area (Å²) >= 11 is 5.21. The van der Waals surface area contributed by atoms with Crippen molar-refractivity contribution in [3.63, 3.8) is 0 Å². The van der Waals surface area contributed by atoms with Crippen LogP contribution in [0.25, 0.3) is 0 Å². The van der Waals surface area contributed by atoms with Gasteiger partial charge in [0.1, 0.15) is 0 Å². The van der Waals surface area contributed by atoms with Crippen molar-refractivity contribution in [1.82, 2.24) is 15.1 Å². The van der Waals surface area contributed by atoms with Crippen LogP contribution in [0.4, 0.5) is 0 Å². The highest BCUT2D eigenvalue weighted by Crippen LogP contribution is 2.18. The summed E-state index contributed by atoms with van der Waals surface area (Å²) in [7, 11) is 1.96. The van der Waals surface area contributed by atoms with E-state index in [-0.39, 0.29) is 0 Å².